The van der Waals surface area contributed by atoms with E-state index in [1.54, 1.807) is 11.3 Å². The van der Waals surface area contributed by atoms with E-state index in [1.165, 1.54) is 6.42 Å². The molecular weight excluding hydrogens is 246 g/mol. The Bertz CT molecular complexity index is 508. The molecule has 1 fully saturated rings. The summed E-state index contributed by atoms with van der Waals surface area (Å²) < 4.78 is 5.32. The summed E-state index contributed by atoms with van der Waals surface area (Å²) in [5, 5.41) is 6.11. The van der Waals surface area contributed by atoms with E-state index in [1.807, 2.05) is 17.5 Å². The number of hydrogen-bond donors (Lipinski definition) is 1. The van der Waals surface area contributed by atoms with Crippen molar-refractivity contribution >= 4 is 11.3 Å². The Morgan fingerprint density at radius 2 is 2.39 bits per heavy atom. The molecular formula is C13H17N3OS. The van der Waals surface area contributed by atoms with E-state index in [9.17, 15) is 0 Å². The standard InChI is InChI=1S/C13H17N3OS/c1-8-4-5-9(7-8)12-15-13(17-16-12)11(14)10-3-2-6-18-10/h2-3,6,8-9,11H,4-5,7,14H2,1H3. The maximum Gasteiger partial charge on any atom is 0.248 e. The zero-order valence-corrected chi connectivity index (χ0v) is 11.2. The number of thiophene rings is 1. The average molecular weight is 263 g/mol. The van der Waals surface area contributed by atoms with Gasteiger partial charge in [-0.05, 0) is 36.6 Å². The van der Waals surface area contributed by atoms with E-state index < -0.39 is 0 Å². The number of rotatable bonds is 3. The zero-order valence-electron chi connectivity index (χ0n) is 10.4. The highest BCUT2D eigenvalue weighted by Gasteiger charge is 2.28. The summed E-state index contributed by atoms with van der Waals surface area (Å²) in [7, 11) is 0. The lowest BCUT2D eigenvalue weighted by molar-refractivity contribution is 0.360. The van der Waals surface area contributed by atoms with E-state index in [0.29, 0.717) is 11.8 Å². The second-order valence-electron chi connectivity index (χ2n) is 5.10. The molecule has 0 aliphatic heterocycles. The maximum atomic E-state index is 6.11. The van der Waals surface area contributed by atoms with Gasteiger partial charge in [-0.1, -0.05) is 18.1 Å². The first-order chi connectivity index (χ1) is 8.74. The topological polar surface area (TPSA) is 64.9 Å². The van der Waals surface area contributed by atoms with Crippen LogP contribution in [0.2, 0.25) is 0 Å². The van der Waals surface area contributed by atoms with E-state index >= 15 is 0 Å². The molecule has 0 radical (unpaired) electrons. The summed E-state index contributed by atoms with van der Waals surface area (Å²) in [6.45, 7) is 2.28. The molecule has 3 unspecified atom stereocenters. The third kappa shape index (κ3) is 2.20. The highest BCUT2D eigenvalue weighted by atomic mass is 32.1. The molecule has 0 spiro atoms. The van der Waals surface area contributed by atoms with E-state index in [2.05, 4.69) is 17.1 Å². The number of nitrogens with zero attached hydrogens (tertiary/aromatic N) is 2. The van der Waals surface area contributed by atoms with Crippen molar-refractivity contribution in [3.05, 3.63) is 34.1 Å². The number of hydrogen-bond acceptors (Lipinski definition) is 5. The molecule has 1 aliphatic carbocycles. The van der Waals surface area contributed by atoms with Gasteiger partial charge in [-0.15, -0.1) is 11.3 Å². The first-order valence-electron chi connectivity index (χ1n) is 6.36. The molecule has 0 saturated heterocycles. The number of nitrogens with two attached hydrogens (primary N) is 1. The molecule has 18 heavy (non-hydrogen) atoms. The van der Waals surface area contributed by atoms with Gasteiger partial charge in [0.25, 0.3) is 0 Å². The summed E-state index contributed by atoms with van der Waals surface area (Å²) in [6.07, 6.45) is 3.58. The fourth-order valence-corrected chi connectivity index (χ4v) is 3.29. The van der Waals surface area contributed by atoms with E-state index in [0.717, 1.165) is 29.5 Å². The lowest BCUT2D eigenvalue weighted by atomic mass is 10.1. The van der Waals surface area contributed by atoms with Gasteiger partial charge in [-0.3, -0.25) is 0 Å². The lowest BCUT2D eigenvalue weighted by Gasteiger charge is -2.03. The fraction of sp³-hybridized carbons (Fsp3) is 0.538. The van der Waals surface area contributed by atoms with Gasteiger partial charge < -0.3 is 10.3 Å². The number of aromatic nitrogens is 2. The second kappa shape index (κ2) is 4.82. The quantitative estimate of drug-likeness (QED) is 0.924. The normalized spacial score (nSPS) is 25.4. The molecule has 1 saturated carbocycles. The third-order valence-electron chi connectivity index (χ3n) is 3.63. The molecule has 4 nitrogen and oxygen atoms in total. The Morgan fingerprint density at radius 3 is 3.06 bits per heavy atom. The minimum atomic E-state index is -0.287. The molecule has 0 amide bonds. The zero-order chi connectivity index (χ0) is 12.5. The van der Waals surface area contributed by atoms with Gasteiger partial charge in [0.05, 0.1) is 0 Å². The first kappa shape index (κ1) is 11.9. The highest BCUT2D eigenvalue weighted by Crippen LogP contribution is 2.37. The third-order valence-corrected chi connectivity index (χ3v) is 4.59. The van der Waals surface area contributed by atoms with Crippen molar-refractivity contribution in [2.75, 3.05) is 0 Å². The lowest BCUT2D eigenvalue weighted by Crippen LogP contribution is -2.10. The van der Waals surface area contributed by atoms with Gasteiger partial charge in [0.2, 0.25) is 5.89 Å². The summed E-state index contributed by atoms with van der Waals surface area (Å²) in [4.78, 5) is 5.55. The van der Waals surface area contributed by atoms with Crippen LogP contribution in [0.4, 0.5) is 0 Å². The molecule has 0 aromatic carbocycles. The monoisotopic (exact) mass is 263 g/mol. The minimum Gasteiger partial charge on any atom is -0.337 e. The van der Waals surface area contributed by atoms with Crippen molar-refractivity contribution in [3.63, 3.8) is 0 Å². The van der Waals surface area contributed by atoms with Crippen LogP contribution in [0.25, 0.3) is 0 Å². The summed E-state index contributed by atoms with van der Waals surface area (Å²) in [5.74, 6) is 2.59. The maximum absolute atomic E-state index is 6.11. The van der Waals surface area contributed by atoms with Crippen LogP contribution in [0.1, 0.15) is 54.7 Å². The predicted molar refractivity (Wildman–Crippen MR) is 70.4 cm³/mol. The molecule has 5 heteroatoms. The highest BCUT2D eigenvalue weighted by molar-refractivity contribution is 7.10. The van der Waals surface area contributed by atoms with Crippen molar-refractivity contribution in [1.82, 2.24) is 10.1 Å². The van der Waals surface area contributed by atoms with Gasteiger partial charge in [0.15, 0.2) is 5.82 Å². The summed E-state index contributed by atoms with van der Waals surface area (Å²) >= 11 is 1.61. The van der Waals surface area contributed by atoms with Crippen molar-refractivity contribution in [3.8, 4) is 0 Å². The summed E-state index contributed by atoms with van der Waals surface area (Å²) in [6, 6.07) is 3.69. The minimum absolute atomic E-state index is 0.287. The van der Waals surface area contributed by atoms with Crippen molar-refractivity contribution in [2.24, 2.45) is 11.7 Å². The van der Waals surface area contributed by atoms with Crippen molar-refractivity contribution < 1.29 is 4.52 Å². The molecule has 0 bridgehead atoms. The molecule has 2 N–H and O–H groups in total. The molecule has 1 aliphatic rings. The Morgan fingerprint density at radius 1 is 1.50 bits per heavy atom. The van der Waals surface area contributed by atoms with Crippen LogP contribution in [0.5, 0.6) is 0 Å². The predicted octanol–water partition coefficient (Wildman–Crippen LogP) is 3.08. The van der Waals surface area contributed by atoms with Gasteiger partial charge in [-0.25, -0.2) is 0 Å². The Kier molecular flexibility index (Phi) is 3.18. The van der Waals surface area contributed by atoms with Crippen LogP contribution in [-0.4, -0.2) is 10.1 Å². The van der Waals surface area contributed by atoms with Crippen LogP contribution in [0, 0.1) is 5.92 Å². The van der Waals surface area contributed by atoms with Gasteiger partial charge in [0, 0.05) is 10.8 Å². The molecule has 3 rings (SSSR count). The van der Waals surface area contributed by atoms with Crippen LogP contribution >= 0.6 is 11.3 Å². The van der Waals surface area contributed by atoms with E-state index in [-0.39, 0.29) is 6.04 Å². The smallest absolute Gasteiger partial charge is 0.248 e. The molecule has 2 heterocycles. The van der Waals surface area contributed by atoms with Crippen LogP contribution in [-0.2, 0) is 0 Å². The van der Waals surface area contributed by atoms with Crippen LogP contribution in [0.3, 0.4) is 0 Å². The largest absolute Gasteiger partial charge is 0.337 e. The van der Waals surface area contributed by atoms with Crippen LogP contribution in [0.15, 0.2) is 22.0 Å². The van der Waals surface area contributed by atoms with Gasteiger partial charge >= 0.3 is 0 Å². The first-order valence-corrected chi connectivity index (χ1v) is 7.24. The van der Waals surface area contributed by atoms with Crippen LogP contribution < -0.4 is 5.73 Å². The molecule has 2 aromatic rings. The Balaban J connectivity index is 1.77. The molecule has 96 valence electrons. The summed E-state index contributed by atoms with van der Waals surface area (Å²) in [5.41, 5.74) is 6.11. The van der Waals surface area contributed by atoms with Gasteiger partial charge in [-0.2, -0.15) is 4.98 Å². The average Bonchev–Trinajstić information content (AvgIpc) is 3.09. The Labute approximate surface area is 110 Å². The van der Waals surface area contributed by atoms with Crippen molar-refractivity contribution in [1.29, 1.82) is 0 Å². The Hall–Kier alpha value is -1.20. The van der Waals surface area contributed by atoms with Gasteiger partial charge in [0.1, 0.15) is 6.04 Å². The molecule has 2 aromatic heterocycles. The van der Waals surface area contributed by atoms with E-state index in [4.69, 9.17) is 10.3 Å². The fourth-order valence-electron chi connectivity index (χ4n) is 2.57. The SMILES string of the molecule is CC1CCC(c2noc(C(N)c3cccs3)n2)C1. The molecule has 3 atom stereocenters. The second-order valence-corrected chi connectivity index (χ2v) is 6.08. The van der Waals surface area contributed by atoms with Crippen molar-refractivity contribution in [2.45, 2.75) is 38.1 Å².